The molecule has 0 amide bonds. The molecule has 0 bridgehead atoms. The number of guanidine groups is 1. The third-order valence-electron chi connectivity index (χ3n) is 5.76. The van der Waals surface area contributed by atoms with Crippen LogP contribution in [0.4, 0.5) is 0 Å². The molecule has 1 atom stereocenters. The normalized spacial score (nSPS) is 15.3. The van der Waals surface area contributed by atoms with Gasteiger partial charge in [-0.05, 0) is 48.8 Å². The minimum absolute atomic E-state index is 0. The van der Waals surface area contributed by atoms with Gasteiger partial charge in [0.1, 0.15) is 27.9 Å². The Hall–Kier alpha value is -3.02. The fraction of sp³-hybridized carbons (Fsp3) is 0.440. The number of aryl methyl sites for hydroxylation is 1. The lowest BCUT2D eigenvalue weighted by Crippen LogP contribution is -2.54. The molecule has 0 saturated carbocycles. The largest absolute Gasteiger partial charge is 0.493 e. The first-order chi connectivity index (χ1) is 19.4. The molecule has 0 aliphatic carbocycles. The SMILES string of the molecule is CCOC(=O)CC1CNCCN1S(=O)(=O)c1ccccc1S(=O)(=O)Oc1cc(C)cc(OCCCON=C(N)N)c1.Cl.Cl. The summed E-state index contributed by atoms with van der Waals surface area (Å²) in [6, 6.07) is 8.97. The molecule has 0 aromatic heterocycles. The van der Waals surface area contributed by atoms with E-state index in [-0.39, 0.29) is 75.9 Å². The summed E-state index contributed by atoms with van der Waals surface area (Å²) in [5.74, 6) is -0.484. The van der Waals surface area contributed by atoms with Crippen molar-refractivity contribution in [2.24, 2.45) is 16.6 Å². The van der Waals surface area contributed by atoms with Gasteiger partial charge >= 0.3 is 16.1 Å². The minimum Gasteiger partial charge on any atom is -0.493 e. The molecule has 2 aromatic rings. The van der Waals surface area contributed by atoms with Crippen LogP contribution < -0.4 is 25.7 Å². The maximum absolute atomic E-state index is 13.8. The van der Waals surface area contributed by atoms with Crippen LogP contribution in [0.25, 0.3) is 0 Å². The van der Waals surface area contributed by atoms with Gasteiger partial charge in [0.2, 0.25) is 16.0 Å². The number of piperazine rings is 1. The van der Waals surface area contributed by atoms with E-state index in [0.29, 0.717) is 24.3 Å². The average Bonchev–Trinajstić information content (AvgIpc) is 2.90. The van der Waals surface area contributed by atoms with Crippen LogP contribution in [0.3, 0.4) is 0 Å². The fourth-order valence-electron chi connectivity index (χ4n) is 4.09. The molecule has 14 nitrogen and oxygen atoms in total. The standard InChI is InChI=1S/C25H35N5O9S2.2ClH/c1-3-36-24(31)15-19-17-28-9-10-30(19)40(32,33)22-7-4-5-8-23(22)41(34,35)39-21-14-18(2)13-20(16-21)37-11-6-12-38-29-25(26)27;;/h4-5,7-8,13-14,16,19,28H,3,6,9-12,15,17H2,1-2H3,(H4,26,27,29);2*1H. The number of nitrogens with zero attached hydrogens (tertiary/aromatic N) is 2. The van der Waals surface area contributed by atoms with Crippen LogP contribution in [0.5, 0.6) is 11.5 Å². The second-order valence-electron chi connectivity index (χ2n) is 9.00. The fourth-order valence-corrected chi connectivity index (χ4v) is 7.41. The van der Waals surface area contributed by atoms with Crippen LogP contribution in [0.1, 0.15) is 25.3 Å². The van der Waals surface area contributed by atoms with E-state index in [4.69, 9.17) is 30.0 Å². The molecule has 1 aliphatic heterocycles. The van der Waals surface area contributed by atoms with E-state index < -0.39 is 41.9 Å². The predicted octanol–water partition coefficient (Wildman–Crippen LogP) is 1.50. The van der Waals surface area contributed by atoms with Gasteiger partial charge in [0.25, 0.3) is 0 Å². The quantitative estimate of drug-likeness (QED) is 0.0647. The van der Waals surface area contributed by atoms with E-state index in [1.54, 1.807) is 19.9 Å². The molecular weight excluding hydrogens is 649 g/mol. The van der Waals surface area contributed by atoms with E-state index in [2.05, 4.69) is 10.5 Å². The van der Waals surface area contributed by atoms with Gasteiger partial charge < -0.3 is 35.3 Å². The number of nitrogens with two attached hydrogens (primary N) is 2. The molecular formula is C25H37Cl2N5O9S2. The Morgan fingerprint density at radius 2 is 1.72 bits per heavy atom. The molecule has 0 radical (unpaired) electrons. The molecule has 1 fully saturated rings. The maximum atomic E-state index is 13.8. The van der Waals surface area contributed by atoms with Crippen molar-refractivity contribution in [3.8, 4) is 11.5 Å². The highest BCUT2D eigenvalue weighted by atomic mass is 35.5. The number of carbonyl (C=O) groups excluding carboxylic acids is 1. The number of oxime groups is 1. The summed E-state index contributed by atoms with van der Waals surface area (Å²) in [6.45, 7) is 4.52. The van der Waals surface area contributed by atoms with Crippen molar-refractivity contribution in [2.45, 2.75) is 42.5 Å². The third-order valence-corrected chi connectivity index (χ3v) is 9.20. The number of sulfonamides is 1. The summed E-state index contributed by atoms with van der Waals surface area (Å²) >= 11 is 0. The van der Waals surface area contributed by atoms with E-state index >= 15 is 0 Å². The molecule has 5 N–H and O–H groups in total. The lowest BCUT2D eigenvalue weighted by Gasteiger charge is -2.34. The molecule has 3 rings (SSSR count). The van der Waals surface area contributed by atoms with E-state index in [9.17, 15) is 21.6 Å². The molecule has 0 spiro atoms. The smallest absolute Gasteiger partial charge is 0.340 e. The first-order valence-corrected chi connectivity index (χ1v) is 15.7. The van der Waals surface area contributed by atoms with Gasteiger partial charge in [-0.1, -0.05) is 12.1 Å². The first-order valence-electron chi connectivity index (χ1n) is 12.8. The van der Waals surface area contributed by atoms with E-state index in [1.165, 1.54) is 30.3 Å². The number of ether oxygens (including phenoxy) is 2. The molecule has 18 heteroatoms. The van der Waals surface area contributed by atoms with Crippen LogP contribution in [0.15, 0.2) is 57.4 Å². The van der Waals surface area contributed by atoms with Crippen LogP contribution in [0, 0.1) is 6.92 Å². The van der Waals surface area contributed by atoms with Crippen molar-refractivity contribution in [1.29, 1.82) is 0 Å². The van der Waals surface area contributed by atoms with E-state index in [0.717, 1.165) is 10.4 Å². The number of nitrogens with one attached hydrogen (secondary N) is 1. The number of halogens is 2. The molecule has 2 aromatic carbocycles. The molecule has 1 unspecified atom stereocenters. The summed E-state index contributed by atoms with van der Waals surface area (Å²) in [5.41, 5.74) is 11.0. The van der Waals surface area contributed by atoms with Gasteiger partial charge in [0, 0.05) is 38.2 Å². The Labute approximate surface area is 264 Å². The highest BCUT2D eigenvalue weighted by Crippen LogP contribution is 2.31. The molecule has 1 heterocycles. The van der Waals surface area contributed by atoms with Gasteiger partial charge in [-0.15, -0.1) is 24.8 Å². The van der Waals surface area contributed by atoms with Gasteiger partial charge in [-0.3, -0.25) is 4.79 Å². The zero-order chi connectivity index (χ0) is 30.0. The Morgan fingerprint density at radius 3 is 2.40 bits per heavy atom. The van der Waals surface area contributed by atoms with Crippen LogP contribution in [0.2, 0.25) is 0 Å². The Morgan fingerprint density at radius 1 is 1.05 bits per heavy atom. The number of carbonyl (C=O) groups is 1. The zero-order valence-electron chi connectivity index (χ0n) is 23.6. The number of esters is 1. The summed E-state index contributed by atoms with van der Waals surface area (Å²) < 4.78 is 71.5. The maximum Gasteiger partial charge on any atom is 0.340 e. The van der Waals surface area contributed by atoms with Crippen LogP contribution in [-0.2, 0) is 34.5 Å². The lowest BCUT2D eigenvalue weighted by molar-refractivity contribution is -0.144. The lowest BCUT2D eigenvalue weighted by atomic mass is 10.2. The summed E-state index contributed by atoms with van der Waals surface area (Å²) in [7, 11) is -8.97. The number of benzene rings is 2. The summed E-state index contributed by atoms with van der Waals surface area (Å²) in [5, 5.41) is 6.47. The molecule has 1 aliphatic rings. The summed E-state index contributed by atoms with van der Waals surface area (Å²) in [4.78, 5) is 16.0. The van der Waals surface area contributed by atoms with E-state index in [1.807, 2.05) is 0 Å². The second-order valence-corrected chi connectivity index (χ2v) is 12.4. The van der Waals surface area contributed by atoms with Crippen molar-refractivity contribution in [3.05, 3.63) is 48.0 Å². The van der Waals surface area contributed by atoms with Crippen molar-refractivity contribution in [1.82, 2.24) is 9.62 Å². The van der Waals surface area contributed by atoms with Crippen molar-refractivity contribution in [2.75, 3.05) is 39.5 Å². The Bertz CT molecular complexity index is 1460. The molecule has 43 heavy (non-hydrogen) atoms. The van der Waals surface area contributed by atoms with Crippen LogP contribution in [-0.4, -0.2) is 78.6 Å². The minimum atomic E-state index is -4.62. The third kappa shape index (κ3) is 10.9. The van der Waals surface area contributed by atoms with Crippen molar-refractivity contribution < 1.29 is 40.1 Å². The summed E-state index contributed by atoms with van der Waals surface area (Å²) in [6.07, 6.45) is 0.256. The van der Waals surface area contributed by atoms with Gasteiger partial charge in [0.05, 0.1) is 19.6 Å². The van der Waals surface area contributed by atoms with Gasteiger partial charge in [0.15, 0.2) is 0 Å². The monoisotopic (exact) mass is 685 g/mol. The highest BCUT2D eigenvalue weighted by molar-refractivity contribution is 7.91. The topological polar surface area (TPSA) is 202 Å². The highest BCUT2D eigenvalue weighted by Gasteiger charge is 2.38. The van der Waals surface area contributed by atoms with Crippen molar-refractivity contribution in [3.63, 3.8) is 0 Å². The Kier molecular flexibility index (Phi) is 15.3. The number of hydrogen-bond acceptors (Lipinski definition) is 11. The Balaban J connectivity index is 0.00000462. The molecule has 242 valence electrons. The number of hydrogen-bond donors (Lipinski definition) is 3. The van der Waals surface area contributed by atoms with Crippen LogP contribution >= 0.6 is 24.8 Å². The van der Waals surface area contributed by atoms with Gasteiger partial charge in [-0.2, -0.15) is 12.7 Å². The second kappa shape index (κ2) is 17.3. The van der Waals surface area contributed by atoms with Gasteiger partial charge in [-0.25, -0.2) is 8.42 Å². The zero-order valence-corrected chi connectivity index (χ0v) is 26.9. The number of rotatable bonds is 14. The molecule has 1 saturated heterocycles. The average molecular weight is 687 g/mol. The first kappa shape index (κ1) is 38.0. The predicted molar refractivity (Wildman–Crippen MR) is 164 cm³/mol. The van der Waals surface area contributed by atoms with Crippen molar-refractivity contribution >= 4 is 56.9 Å².